The Morgan fingerprint density at radius 3 is 2.52 bits per heavy atom. The molecular formula is C18H20FNO. The van der Waals surface area contributed by atoms with Gasteiger partial charge in [0, 0.05) is 13.0 Å². The minimum absolute atomic E-state index is 0.0896. The van der Waals surface area contributed by atoms with E-state index < -0.39 is 0 Å². The lowest BCUT2D eigenvalue weighted by Gasteiger charge is -2.38. The molecule has 1 aliphatic heterocycles. The van der Waals surface area contributed by atoms with Gasteiger partial charge in [-0.15, -0.1) is 0 Å². The first kappa shape index (κ1) is 15.2. The molecule has 0 saturated heterocycles. The molecule has 1 aromatic carbocycles. The number of hydrogen-bond donors (Lipinski definition) is 0. The van der Waals surface area contributed by atoms with Crippen molar-refractivity contribution < 1.29 is 9.18 Å². The zero-order chi connectivity index (χ0) is 15.4. The minimum atomic E-state index is -0.281. The monoisotopic (exact) mass is 285 g/mol. The largest absolute Gasteiger partial charge is 0.331 e. The molecule has 2 rings (SSSR count). The second kappa shape index (κ2) is 6.53. The van der Waals surface area contributed by atoms with Gasteiger partial charge in [0.2, 0.25) is 5.91 Å². The number of hydrogen-bond acceptors (Lipinski definition) is 1. The summed E-state index contributed by atoms with van der Waals surface area (Å²) in [7, 11) is 0. The van der Waals surface area contributed by atoms with Gasteiger partial charge in [-0.05, 0) is 35.3 Å². The van der Waals surface area contributed by atoms with Gasteiger partial charge in [0.1, 0.15) is 5.82 Å². The van der Waals surface area contributed by atoms with Crippen molar-refractivity contribution in [2.75, 3.05) is 6.54 Å². The van der Waals surface area contributed by atoms with E-state index in [1.807, 2.05) is 17.9 Å². The van der Waals surface area contributed by atoms with Crippen LogP contribution in [0.1, 0.15) is 31.4 Å². The van der Waals surface area contributed by atoms with Gasteiger partial charge in [0.05, 0.1) is 6.04 Å². The van der Waals surface area contributed by atoms with Crippen molar-refractivity contribution in [2.24, 2.45) is 0 Å². The summed E-state index contributed by atoms with van der Waals surface area (Å²) in [5.41, 5.74) is 2.97. The Kier molecular flexibility index (Phi) is 4.73. The molecule has 0 bridgehead atoms. The Morgan fingerprint density at radius 2 is 2.00 bits per heavy atom. The average Bonchev–Trinajstić information content (AvgIpc) is 2.53. The highest BCUT2D eigenvalue weighted by Crippen LogP contribution is 2.37. The van der Waals surface area contributed by atoms with E-state index in [-0.39, 0.29) is 17.8 Å². The smallest absolute Gasteiger partial charge is 0.223 e. The third-order valence-corrected chi connectivity index (χ3v) is 3.87. The van der Waals surface area contributed by atoms with E-state index in [1.54, 1.807) is 18.2 Å². The average molecular weight is 285 g/mol. The number of amides is 1. The summed E-state index contributed by atoms with van der Waals surface area (Å²) >= 11 is 0. The zero-order valence-corrected chi connectivity index (χ0v) is 12.3. The van der Waals surface area contributed by atoms with Gasteiger partial charge in [0.15, 0.2) is 0 Å². The van der Waals surface area contributed by atoms with Crippen molar-refractivity contribution in [3.05, 3.63) is 72.1 Å². The van der Waals surface area contributed by atoms with E-state index in [0.29, 0.717) is 13.0 Å². The van der Waals surface area contributed by atoms with Gasteiger partial charge < -0.3 is 4.90 Å². The van der Waals surface area contributed by atoms with Crippen LogP contribution in [0.2, 0.25) is 0 Å². The van der Waals surface area contributed by atoms with Crippen LogP contribution in [0.4, 0.5) is 4.39 Å². The van der Waals surface area contributed by atoms with E-state index in [1.165, 1.54) is 12.1 Å². The number of carbonyl (C=O) groups is 1. The number of halogens is 1. The lowest BCUT2D eigenvalue weighted by Crippen LogP contribution is -2.39. The van der Waals surface area contributed by atoms with E-state index in [4.69, 9.17) is 0 Å². The fourth-order valence-electron chi connectivity index (χ4n) is 2.80. The minimum Gasteiger partial charge on any atom is -0.331 e. The fourth-order valence-corrected chi connectivity index (χ4v) is 2.80. The lowest BCUT2D eigenvalue weighted by molar-refractivity contribution is -0.132. The first-order valence-corrected chi connectivity index (χ1v) is 7.15. The van der Waals surface area contributed by atoms with Crippen LogP contribution in [0.3, 0.4) is 0 Å². The maximum Gasteiger partial charge on any atom is 0.223 e. The molecule has 110 valence electrons. The maximum atomic E-state index is 13.2. The van der Waals surface area contributed by atoms with Crippen LogP contribution in [0.5, 0.6) is 0 Å². The molecular weight excluding hydrogens is 265 g/mol. The highest BCUT2D eigenvalue weighted by Gasteiger charge is 2.31. The Balaban J connectivity index is 2.54. The lowest BCUT2D eigenvalue weighted by atomic mass is 9.87. The highest BCUT2D eigenvalue weighted by atomic mass is 19.1. The number of benzene rings is 1. The van der Waals surface area contributed by atoms with Gasteiger partial charge in [-0.2, -0.15) is 0 Å². The molecule has 1 aliphatic rings. The van der Waals surface area contributed by atoms with Gasteiger partial charge >= 0.3 is 0 Å². The van der Waals surface area contributed by atoms with Crippen molar-refractivity contribution in [1.29, 1.82) is 0 Å². The van der Waals surface area contributed by atoms with Crippen LogP contribution >= 0.6 is 0 Å². The van der Waals surface area contributed by atoms with Crippen molar-refractivity contribution in [3.8, 4) is 0 Å². The van der Waals surface area contributed by atoms with E-state index in [0.717, 1.165) is 23.1 Å². The molecule has 0 aliphatic carbocycles. The molecule has 0 unspecified atom stereocenters. The Morgan fingerprint density at radius 1 is 1.33 bits per heavy atom. The molecule has 0 radical (unpaired) electrons. The second-order valence-corrected chi connectivity index (χ2v) is 5.03. The summed E-state index contributed by atoms with van der Waals surface area (Å²) < 4.78 is 13.2. The van der Waals surface area contributed by atoms with Crippen LogP contribution < -0.4 is 0 Å². The molecule has 0 N–H and O–H groups in total. The Labute approximate surface area is 125 Å². The molecule has 0 saturated carbocycles. The molecule has 1 amide bonds. The summed E-state index contributed by atoms with van der Waals surface area (Å²) in [6, 6.07) is 6.09. The molecule has 1 aromatic rings. The molecule has 0 aromatic heterocycles. The molecule has 1 atom stereocenters. The van der Waals surface area contributed by atoms with Crippen molar-refractivity contribution in [3.63, 3.8) is 0 Å². The van der Waals surface area contributed by atoms with Crippen molar-refractivity contribution in [2.45, 2.75) is 25.8 Å². The molecule has 3 heteroatoms. The van der Waals surface area contributed by atoms with Gasteiger partial charge in [-0.1, -0.05) is 44.4 Å². The summed E-state index contributed by atoms with van der Waals surface area (Å²) in [6.45, 7) is 10.2. The topological polar surface area (TPSA) is 20.3 Å². The number of allylic oxidation sites excluding steroid dienone is 1. The van der Waals surface area contributed by atoms with Crippen LogP contribution in [-0.4, -0.2) is 17.4 Å². The van der Waals surface area contributed by atoms with Crippen LogP contribution in [0.25, 0.3) is 0 Å². The molecule has 2 nitrogen and oxygen atoms in total. The zero-order valence-electron chi connectivity index (χ0n) is 12.3. The first-order chi connectivity index (χ1) is 10.1. The summed E-state index contributed by atoms with van der Waals surface area (Å²) in [5.74, 6) is -0.192. The van der Waals surface area contributed by atoms with Crippen LogP contribution in [-0.2, 0) is 4.79 Å². The first-order valence-electron chi connectivity index (χ1n) is 7.15. The predicted octanol–water partition coefficient (Wildman–Crippen LogP) is 4.18. The third kappa shape index (κ3) is 2.97. The molecule has 0 spiro atoms. The number of nitrogens with zero attached hydrogens (tertiary/aromatic N) is 1. The quantitative estimate of drug-likeness (QED) is 0.812. The standard InChI is InChI=1S/C18H20FNO/c1-4-13-11-12-20(17(21)6-3)18(16(13)5-2)14-7-9-15(19)10-8-14/h4-5,7-10,18H,1-2,6,11-12H2,3H3/t18-/m0/s1. The highest BCUT2D eigenvalue weighted by molar-refractivity contribution is 5.77. The molecule has 0 fully saturated rings. The summed E-state index contributed by atoms with van der Waals surface area (Å²) in [5, 5.41) is 0. The number of rotatable bonds is 4. The van der Waals surface area contributed by atoms with Crippen LogP contribution in [0, 0.1) is 5.82 Å². The molecule has 1 heterocycles. The maximum absolute atomic E-state index is 13.2. The van der Waals surface area contributed by atoms with Crippen LogP contribution in [0.15, 0.2) is 60.7 Å². The fraction of sp³-hybridized carbons (Fsp3) is 0.278. The third-order valence-electron chi connectivity index (χ3n) is 3.87. The second-order valence-electron chi connectivity index (χ2n) is 5.03. The van der Waals surface area contributed by atoms with Crippen molar-refractivity contribution >= 4 is 5.91 Å². The van der Waals surface area contributed by atoms with Gasteiger partial charge in [0.25, 0.3) is 0 Å². The van der Waals surface area contributed by atoms with Crippen molar-refractivity contribution in [1.82, 2.24) is 4.90 Å². The van der Waals surface area contributed by atoms with Gasteiger partial charge in [-0.3, -0.25) is 4.79 Å². The Bertz CT molecular complexity index is 586. The van der Waals surface area contributed by atoms with E-state index in [9.17, 15) is 9.18 Å². The van der Waals surface area contributed by atoms with Gasteiger partial charge in [-0.25, -0.2) is 4.39 Å². The Hall–Kier alpha value is -2.16. The van der Waals surface area contributed by atoms with E-state index >= 15 is 0 Å². The van der Waals surface area contributed by atoms with E-state index in [2.05, 4.69) is 13.2 Å². The SMILES string of the molecule is C=CC1=C(C=C)[C@H](c2ccc(F)cc2)N(C(=O)CC)CC1. The molecule has 21 heavy (non-hydrogen) atoms. The normalized spacial score (nSPS) is 18.6. The summed E-state index contributed by atoms with van der Waals surface area (Å²) in [4.78, 5) is 14.1. The number of carbonyl (C=O) groups excluding carboxylic acids is 1. The summed E-state index contributed by atoms with van der Waals surface area (Å²) in [6.07, 6.45) is 4.82. The predicted molar refractivity (Wildman–Crippen MR) is 83.2 cm³/mol.